The van der Waals surface area contributed by atoms with Gasteiger partial charge in [-0.1, -0.05) is 12.1 Å². The molecule has 0 atom stereocenters. The molecule has 2 nitrogen and oxygen atoms in total. The number of halogens is 4. The van der Waals surface area contributed by atoms with Gasteiger partial charge in [0.2, 0.25) is 0 Å². The Bertz CT molecular complexity index is 664. The van der Waals surface area contributed by atoms with E-state index in [-0.39, 0.29) is 16.0 Å². The molecule has 0 bridgehead atoms. The third kappa shape index (κ3) is 3.35. The fraction of sp³-hybridized carbons (Fsp3) is 0.0714. The van der Waals surface area contributed by atoms with Crippen molar-refractivity contribution in [2.24, 2.45) is 0 Å². The van der Waals surface area contributed by atoms with E-state index in [0.29, 0.717) is 5.56 Å². The molecular weight excluding hydrogens is 352 g/mol. The summed E-state index contributed by atoms with van der Waals surface area (Å²) in [5.41, 5.74) is 0.875. The highest BCUT2D eigenvalue weighted by atomic mass is 79.9. The molecule has 2 rings (SSSR count). The first kappa shape index (κ1) is 14.9. The van der Waals surface area contributed by atoms with E-state index in [0.717, 1.165) is 17.7 Å². The molecule has 0 unspecified atom stereocenters. The molecule has 0 aromatic heterocycles. The van der Waals surface area contributed by atoms with Crippen LogP contribution >= 0.6 is 27.5 Å². The first-order valence-electron chi connectivity index (χ1n) is 5.62. The summed E-state index contributed by atoms with van der Waals surface area (Å²) in [6.45, 7) is 0. The van der Waals surface area contributed by atoms with Gasteiger partial charge in [-0.3, -0.25) is 4.79 Å². The Hall–Kier alpha value is -1.46. The van der Waals surface area contributed by atoms with E-state index in [9.17, 15) is 13.6 Å². The molecule has 0 aliphatic heterocycles. The maximum atomic E-state index is 13.6. The zero-order chi connectivity index (χ0) is 14.7. The summed E-state index contributed by atoms with van der Waals surface area (Å²) >= 11 is 8.55. The van der Waals surface area contributed by atoms with Gasteiger partial charge in [0.1, 0.15) is 11.6 Å². The lowest BCUT2D eigenvalue weighted by molar-refractivity contribution is 0.102. The first-order valence-corrected chi connectivity index (χ1v) is 6.95. The maximum absolute atomic E-state index is 13.6. The fourth-order valence-electron chi connectivity index (χ4n) is 1.61. The Morgan fingerprint density at radius 2 is 1.95 bits per heavy atom. The Kier molecular flexibility index (Phi) is 4.73. The van der Waals surface area contributed by atoms with E-state index < -0.39 is 17.5 Å². The zero-order valence-corrected chi connectivity index (χ0v) is 12.4. The minimum Gasteiger partial charge on any atom is -0.319 e. The molecule has 2 aromatic rings. The lowest BCUT2D eigenvalue weighted by atomic mass is 10.1. The minimum absolute atomic E-state index is 0.00265. The van der Waals surface area contributed by atoms with Gasteiger partial charge in [0.15, 0.2) is 0 Å². The minimum atomic E-state index is -0.722. The summed E-state index contributed by atoms with van der Waals surface area (Å²) in [5, 5.41) is 2.33. The number of amides is 1. The van der Waals surface area contributed by atoms with Crippen molar-refractivity contribution in [3.05, 3.63) is 63.6 Å². The number of benzene rings is 2. The molecule has 1 N–H and O–H groups in total. The van der Waals surface area contributed by atoms with Crippen molar-refractivity contribution in [1.29, 1.82) is 0 Å². The maximum Gasteiger partial charge on any atom is 0.255 e. The number of anilines is 1. The summed E-state index contributed by atoms with van der Waals surface area (Å²) in [6.07, 6.45) is 0. The highest BCUT2D eigenvalue weighted by molar-refractivity contribution is 9.10. The number of carbonyl (C=O) groups excluding carboxylic acids is 1. The van der Waals surface area contributed by atoms with E-state index in [2.05, 4.69) is 21.2 Å². The Morgan fingerprint density at radius 3 is 2.65 bits per heavy atom. The van der Waals surface area contributed by atoms with Crippen molar-refractivity contribution in [2.45, 2.75) is 5.88 Å². The van der Waals surface area contributed by atoms with Crippen LogP contribution in [0.2, 0.25) is 0 Å². The number of nitrogens with one attached hydrogen (secondary N) is 1. The second kappa shape index (κ2) is 6.33. The van der Waals surface area contributed by atoms with Gasteiger partial charge in [0, 0.05) is 17.5 Å². The summed E-state index contributed by atoms with van der Waals surface area (Å²) in [5.74, 6) is -1.64. The van der Waals surface area contributed by atoms with E-state index in [4.69, 9.17) is 11.6 Å². The van der Waals surface area contributed by atoms with Crippen molar-refractivity contribution >= 4 is 39.1 Å². The Labute approximate surface area is 127 Å². The van der Waals surface area contributed by atoms with Crippen LogP contribution in [-0.4, -0.2) is 5.91 Å². The topological polar surface area (TPSA) is 29.1 Å². The van der Waals surface area contributed by atoms with Crippen LogP contribution < -0.4 is 5.32 Å². The molecule has 20 heavy (non-hydrogen) atoms. The third-order valence-electron chi connectivity index (χ3n) is 2.60. The van der Waals surface area contributed by atoms with Crippen LogP contribution in [0.15, 0.2) is 40.9 Å². The van der Waals surface area contributed by atoms with Gasteiger partial charge in [-0.25, -0.2) is 8.78 Å². The van der Waals surface area contributed by atoms with Crippen LogP contribution in [0.4, 0.5) is 14.5 Å². The van der Waals surface area contributed by atoms with Crippen molar-refractivity contribution in [2.75, 3.05) is 5.32 Å². The van der Waals surface area contributed by atoms with Crippen LogP contribution in [0.3, 0.4) is 0 Å². The molecule has 104 valence electrons. The molecule has 1 amide bonds. The van der Waals surface area contributed by atoms with Gasteiger partial charge < -0.3 is 5.32 Å². The summed E-state index contributed by atoms with van der Waals surface area (Å²) < 4.78 is 27.0. The van der Waals surface area contributed by atoms with E-state index >= 15 is 0 Å². The molecule has 0 saturated heterocycles. The number of alkyl halides is 1. The summed E-state index contributed by atoms with van der Waals surface area (Å²) in [6, 6.07) is 8.48. The van der Waals surface area contributed by atoms with Crippen LogP contribution in [0.1, 0.15) is 15.9 Å². The number of hydrogen-bond acceptors (Lipinski definition) is 1. The van der Waals surface area contributed by atoms with Gasteiger partial charge in [0.05, 0.1) is 10.2 Å². The molecule has 0 heterocycles. The van der Waals surface area contributed by atoms with Crippen molar-refractivity contribution in [3.8, 4) is 0 Å². The van der Waals surface area contributed by atoms with E-state index in [1.54, 1.807) is 24.3 Å². The van der Waals surface area contributed by atoms with Gasteiger partial charge in [-0.2, -0.15) is 0 Å². The van der Waals surface area contributed by atoms with Crippen molar-refractivity contribution in [3.63, 3.8) is 0 Å². The second-order valence-corrected chi connectivity index (χ2v) is 5.16. The smallest absolute Gasteiger partial charge is 0.255 e. The standard InChI is InChI=1S/C14H9BrClF2NO/c15-10-5-12(18)13(6-11(10)17)19-14(20)9-3-1-2-8(4-9)7-16/h1-6H,7H2,(H,19,20). The second-order valence-electron chi connectivity index (χ2n) is 4.03. The quantitative estimate of drug-likeness (QED) is 0.623. The Balaban J connectivity index is 2.25. The third-order valence-corrected chi connectivity index (χ3v) is 3.52. The number of rotatable bonds is 3. The summed E-state index contributed by atoms with van der Waals surface area (Å²) in [7, 11) is 0. The average molecular weight is 361 g/mol. The molecule has 6 heteroatoms. The van der Waals surface area contributed by atoms with Crippen molar-refractivity contribution < 1.29 is 13.6 Å². The lowest BCUT2D eigenvalue weighted by Gasteiger charge is -2.08. The number of carbonyl (C=O) groups is 1. The largest absolute Gasteiger partial charge is 0.319 e. The van der Waals surface area contributed by atoms with Gasteiger partial charge in [-0.15, -0.1) is 11.6 Å². The average Bonchev–Trinajstić information content (AvgIpc) is 2.44. The molecule has 2 aromatic carbocycles. The van der Waals surface area contributed by atoms with Crippen LogP contribution in [0.25, 0.3) is 0 Å². The zero-order valence-electron chi connectivity index (χ0n) is 10.1. The van der Waals surface area contributed by atoms with Crippen LogP contribution in [0.5, 0.6) is 0 Å². The molecular formula is C14H9BrClF2NO. The van der Waals surface area contributed by atoms with Gasteiger partial charge in [-0.05, 0) is 39.7 Å². The molecule has 0 aliphatic carbocycles. The van der Waals surface area contributed by atoms with Gasteiger partial charge in [0.25, 0.3) is 5.91 Å². The predicted molar refractivity (Wildman–Crippen MR) is 78.0 cm³/mol. The highest BCUT2D eigenvalue weighted by Gasteiger charge is 2.12. The van der Waals surface area contributed by atoms with E-state index in [1.165, 1.54) is 0 Å². The van der Waals surface area contributed by atoms with E-state index in [1.807, 2.05) is 0 Å². The van der Waals surface area contributed by atoms with Crippen LogP contribution in [0, 0.1) is 11.6 Å². The first-order chi connectivity index (χ1) is 9.51. The fourth-order valence-corrected chi connectivity index (χ4v) is 2.09. The Morgan fingerprint density at radius 1 is 1.20 bits per heavy atom. The molecule has 0 fully saturated rings. The number of hydrogen-bond donors (Lipinski definition) is 1. The predicted octanol–water partition coefficient (Wildman–Crippen LogP) is 4.72. The van der Waals surface area contributed by atoms with Gasteiger partial charge >= 0.3 is 0 Å². The molecule has 0 spiro atoms. The van der Waals surface area contributed by atoms with Crippen LogP contribution in [-0.2, 0) is 5.88 Å². The SMILES string of the molecule is O=C(Nc1cc(F)c(Br)cc1F)c1cccc(CCl)c1. The highest BCUT2D eigenvalue weighted by Crippen LogP contribution is 2.23. The normalized spacial score (nSPS) is 10.4. The van der Waals surface area contributed by atoms with Crippen molar-refractivity contribution in [1.82, 2.24) is 0 Å². The monoisotopic (exact) mass is 359 g/mol. The lowest BCUT2D eigenvalue weighted by Crippen LogP contribution is -2.13. The molecule has 0 radical (unpaired) electrons. The molecule has 0 aliphatic rings. The summed E-state index contributed by atoms with van der Waals surface area (Å²) in [4.78, 5) is 12.0. The molecule has 0 saturated carbocycles.